The largest absolute Gasteiger partial charge is 0.384 e. The molecule has 1 amide bonds. The molecular weight excluding hydrogens is 292 g/mol. The minimum atomic E-state index is 0.0926. The predicted molar refractivity (Wildman–Crippen MR) is 85.5 cm³/mol. The van der Waals surface area contributed by atoms with Gasteiger partial charge < -0.3 is 14.7 Å². The van der Waals surface area contributed by atoms with Gasteiger partial charge in [0.25, 0.3) is 5.91 Å². The third-order valence-corrected chi connectivity index (χ3v) is 4.67. The number of benzene rings is 1. The molecule has 1 atom stereocenters. The number of fused-ring (bicyclic) bond motifs is 1. The minimum Gasteiger partial charge on any atom is -0.384 e. The minimum absolute atomic E-state index is 0.0926. The van der Waals surface area contributed by atoms with E-state index in [9.17, 15) is 4.79 Å². The number of likely N-dealkylation sites (tertiary alicyclic amines) is 1. The quantitative estimate of drug-likeness (QED) is 0.922. The number of anilines is 1. The molecule has 6 nitrogen and oxygen atoms in total. The van der Waals surface area contributed by atoms with Gasteiger partial charge in [-0.25, -0.2) is 0 Å². The van der Waals surface area contributed by atoms with Crippen LogP contribution >= 0.6 is 0 Å². The van der Waals surface area contributed by atoms with Gasteiger partial charge in [0, 0.05) is 19.6 Å². The summed E-state index contributed by atoms with van der Waals surface area (Å²) in [4.78, 5) is 19.1. The number of aromatic nitrogens is 2. The molecule has 23 heavy (non-hydrogen) atoms. The molecule has 120 valence electrons. The molecule has 2 aliphatic rings. The van der Waals surface area contributed by atoms with E-state index in [4.69, 9.17) is 4.52 Å². The number of carbonyl (C=O) groups is 1. The molecule has 3 heterocycles. The molecule has 1 fully saturated rings. The lowest BCUT2D eigenvalue weighted by Gasteiger charge is -2.23. The Morgan fingerprint density at radius 2 is 2.35 bits per heavy atom. The molecule has 0 spiro atoms. The van der Waals surface area contributed by atoms with Gasteiger partial charge in [0.05, 0.1) is 17.2 Å². The number of rotatable bonds is 2. The molecular formula is C17H20N4O2. The van der Waals surface area contributed by atoms with Crippen molar-refractivity contribution in [1.29, 1.82) is 0 Å². The fourth-order valence-electron chi connectivity index (χ4n) is 3.48. The van der Waals surface area contributed by atoms with Crippen LogP contribution < -0.4 is 5.32 Å². The van der Waals surface area contributed by atoms with Gasteiger partial charge in [0.15, 0.2) is 5.82 Å². The maximum Gasteiger partial charge on any atom is 0.255 e. The van der Waals surface area contributed by atoms with E-state index in [1.807, 2.05) is 24.0 Å². The molecule has 1 unspecified atom stereocenters. The summed E-state index contributed by atoms with van der Waals surface area (Å²) < 4.78 is 5.26. The number of aryl methyl sites for hydroxylation is 2. The van der Waals surface area contributed by atoms with Crippen molar-refractivity contribution in [2.75, 3.05) is 25.0 Å². The predicted octanol–water partition coefficient (Wildman–Crippen LogP) is 2.37. The lowest BCUT2D eigenvalue weighted by atomic mass is 9.99. The van der Waals surface area contributed by atoms with E-state index in [-0.39, 0.29) is 11.8 Å². The van der Waals surface area contributed by atoms with Crippen LogP contribution in [0.2, 0.25) is 0 Å². The van der Waals surface area contributed by atoms with Crippen LogP contribution in [0.3, 0.4) is 0 Å². The molecule has 1 N–H and O–H groups in total. The summed E-state index contributed by atoms with van der Waals surface area (Å²) in [5, 5.41) is 7.24. The summed E-state index contributed by atoms with van der Waals surface area (Å²) in [6.07, 6.45) is 3.02. The Hall–Kier alpha value is -2.37. The second-order valence-electron chi connectivity index (χ2n) is 6.29. The fourth-order valence-corrected chi connectivity index (χ4v) is 3.48. The van der Waals surface area contributed by atoms with E-state index in [1.165, 1.54) is 5.56 Å². The van der Waals surface area contributed by atoms with Gasteiger partial charge in [-0.2, -0.15) is 4.98 Å². The van der Waals surface area contributed by atoms with Crippen molar-refractivity contribution in [1.82, 2.24) is 15.0 Å². The van der Waals surface area contributed by atoms with Crippen molar-refractivity contribution in [3.05, 3.63) is 41.0 Å². The van der Waals surface area contributed by atoms with Gasteiger partial charge in [-0.15, -0.1) is 0 Å². The van der Waals surface area contributed by atoms with Crippen molar-refractivity contribution in [2.24, 2.45) is 0 Å². The number of amides is 1. The SMILES string of the molecule is Cc1noc(C2CCN(C(=O)c3cccc4c3NCCC4)C2)n1. The summed E-state index contributed by atoms with van der Waals surface area (Å²) in [5.74, 6) is 1.53. The average Bonchev–Trinajstić information content (AvgIpc) is 3.22. The Morgan fingerprint density at radius 3 is 3.17 bits per heavy atom. The molecule has 0 radical (unpaired) electrons. The molecule has 0 saturated carbocycles. The third kappa shape index (κ3) is 2.58. The van der Waals surface area contributed by atoms with Crippen LogP contribution in [0, 0.1) is 6.92 Å². The maximum absolute atomic E-state index is 12.9. The highest BCUT2D eigenvalue weighted by Gasteiger charge is 2.32. The lowest BCUT2D eigenvalue weighted by molar-refractivity contribution is 0.0790. The number of nitrogens with one attached hydrogen (secondary N) is 1. The number of nitrogens with zero attached hydrogens (tertiary/aromatic N) is 3. The molecule has 0 aliphatic carbocycles. The Kier molecular flexibility index (Phi) is 3.52. The van der Waals surface area contributed by atoms with Crippen molar-refractivity contribution < 1.29 is 9.32 Å². The fraction of sp³-hybridized carbons (Fsp3) is 0.471. The first-order valence-electron chi connectivity index (χ1n) is 8.17. The zero-order valence-corrected chi connectivity index (χ0v) is 13.2. The van der Waals surface area contributed by atoms with E-state index in [2.05, 4.69) is 21.5 Å². The number of carbonyl (C=O) groups excluding carboxylic acids is 1. The molecule has 1 aromatic carbocycles. The Bertz CT molecular complexity index is 740. The Balaban J connectivity index is 1.54. The second-order valence-corrected chi connectivity index (χ2v) is 6.29. The van der Waals surface area contributed by atoms with E-state index >= 15 is 0 Å². The molecule has 1 aromatic heterocycles. The normalized spacial score (nSPS) is 20.2. The average molecular weight is 312 g/mol. The van der Waals surface area contributed by atoms with Gasteiger partial charge in [-0.05, 0) is 37.8 Å². The van der Waals surface area contributed by atoms with E-state index in [0.717, 1.165) is 43.6 Å². The third-order valence-electron chi connectivity index (χ3n) is 4.67. The van der Waals surface area contributed by atoms with Crippen LogP contribution in [-0.2, 0) is 6.42 Å². The van der Waals surface area contributed by atoms with Crippen molar-refractivity contribution in [3.8, 4) is 0 Å². The molecule has 2 aliphatic heterocycles. The van der Waals surface area contributed by atoms with Crippen LogP contribution in [0.4, 0.5) is 5.69 Å². The van der Waals surface area contributed by atoms with Gasteiger partial charge >= 0.3 is 0 Å². The maximum atomic E-state index is 12.9. The van der Waals surface area contributed by atoms with Crippen molar-refractivity contribution >= 4 is 11.6 Å². The summed E-state index contributed by atoms with van der Waals surface area (Å²) in [6, 6.07) is 6.00. The summed E-state index contributed by atoms with van der Waals surface area (Å²) >= 11 is 0. The molecule has 6 heteroatoms. The molecule has 4 rings (SSSR count). The standard InChI is InChI=1S/C17H20N4O2/c1-11-19-16(23-20-11)13-7-9-21(10-13)17(22)14-6-2-4-12-5-3-8-18-15(12)14/h2,4,6,13,18H,3,5,7-10H2,1H3. The number of para-hydroxylation sites is 1. The van der Waals surface area contributed by atoms with E-state index in [1.54, 1.807) is 0 Å². The smallest absolute Gasteiger partial charge is 0.255 e. The number of hydrogen-bond donors (Lipinski definition) is 1. The molecule has 0 bridgehead atoms. The van der Waals surface area contributed by atoms with Crippen LogP contribution in [-0.4, -0.2) is 40.6 Å². The van der Waals surface area contributed by atoms with Crippen LogP contribution in [0.1, 0.15) is 46.4 Å². The van der Waals surface area contributed by atoms with E-state index < -0.39 is 0 Å². The number of hydrogen-bond acceptors (Lipinski definition) is 5. The molecule has 1 saturated heterocycles. The highest BCUT2D eigenvalue weighted by atomic mass is 16.5. The first kappa shape index (κ1) is 14.2. The first-order valence-corrected chi connectivity index (χ1v) is 8.17. The zero-order chi connectivity index (χ0) is 15.8. The highest BCUT2D eigenvalue weighted by molar-refractivity contribution is 6.00. The van der Waals surface area contributed by atoms with Crippen molar-refractivity contribution in [2.45, 2.75) is 32.1 Å². The van der Waals surface area contributed by atoms with Gasteiger partial charge in [0.1, 0.15) is 0 Å². The zero-order valence-electron chi connectivity index (χ0n) is 13.2. The van der Waals surface area contributed by atoms with Crippen LogP contribution in [0.15, 0.2) is 22.7 Å². The monoisotopic (exact) mass is 312 g/mol. The Labute approximate surface area is 134 Å². The van der Waals surface area contributed by atoms with Gasteiger partial charge in [-0.1, -0.05) is 17.3 Å². The van der Waals surface area contributed by atoms with Crippen LogP contribution in [0.25, 0.3) is 0 Å². The lowest BCUT2D eigenvalue weighted by Crippen LogP contribution is -2.30. The van der Waals surface area contributed by atoms with Gasteiger partial charge in [0.2, 0.25) is 5.89 Å². The highest BCUT2D eigenvalue weighted by Crippen LogP contribution is 2.31. The Morgan fingerprint density at radius 1 is 1.43 bits per heavy atom. The topological polar surface area (TPSA) is 71.3 Å². The first-order chi connectivity index (χ1) is 11.2. The van der Waals surface area contributed by atoms with Gasteiger partial charge in [-0.3, -0.25) is 4.79 Å². The summed E-state index contributed by atoms with van der Waals surface area (Å²) in [6.45, 7) is 4.12. The summed E-state index contributed by atoms with van der Waals surface area (Å²) in [5.41, 5.74) is 3.04. The summed E-state index contributed by atoms with van der Waals surface area (Å²) in [7, 11) is 0. The molecule has 2 aromatic rings. The van der Waals surface area contributed by atoms with Crippen molar-refractivity contribution in [3.63, 3.8) is 0 Å². The second kappa shape index (κ2) is 5.68. The van der Waals surface area contributed by atoms with Crippen LogP contribution in [0.5, 0.6) is 0 Å². The van der Waals surface area contributed by atoms with E-state index in [0.29, 0.717) is 18.3 Å².